The third kappa shape index (κ3) is 3.12. The first-order valence-corrected chi connectivity index (χ1v) is 13.5. The third-order valence-electron chi connectivity index (χ3n) is 7.36. The van der Waals surface area contributed by atoms with Crippen molar-refractivity contribution in [2.45, 2.75) is 12.2 Å². The fourth-order valence-corrected chi connectivity index (χ4v) is 7.53. The summed E-state index contributed by atoms with van der Waals surface area (Å²) < 4.78 is 38.4. The summed E-state index contributed by atoms with van der Waals surface area (Å²) in [6, 6.07) is 10.7. The molecule has 2 atom stereocenters. The number of pyridine rings is 1. The van der Waals surface area contributed by atoms with Gasteiger partial charge < -0.3 is 14.7 Å². The number of carbonyl (C=O) groups excluding carboxylic acids is 1. The maximum atomic E-state index is 15.8. The summed E-state index contributed by atoms with van der Waals surface area (Å²) in [4.78, 5) is 28.2. The molecule has 2 aromatic heterocycles. The average Bonchev–Trinajstić information content (AvgIpc) is 3.25. The van der Waals surface area contributed by atoms with Crippen molar-refractivity contribution in [1.29, 1.82) is 0 Å². The lowest BCUT2D eigenvalue weighted by molar-refractivity contribution is -0.0196. The minimum absolute atomic E-state index is 0.112. The molecule has 1 amide bonds. The molecule has 1 aliphatic carbocycles. The highest BCUT2D eigenvalue weighted by molar-refractivity contribution is 9.10. The molecule has 0 spiro atoms. The number of halogens is 3. The molecular weight excluding hydrogens is 580 g/mol. The average molecular weight is 598 g/mol. The molecule has 7 nitrogen and oxygen atoms in total. The number of hydrogen-bond acceptors (Lipinski definition) is 6. The number of morpholine rings is 1. The summed E-state index contributed by atoms with van der Waals surface area (Å²) in [6.45, 7) is 0.664. The molecule has 0 radical (unpaired) electrons. The Hall–Kier alpha value is -3.54. The second-order valence-electron chi connectivity index (χ2n) is 9.26. The van der Waals surface area contributed by atoms with Crippen molar-refractivity contribution < 1.29 is 23.4 Å². The van der Waals surface area contributed by atoms with Gasteiger partial charge in [0.25, 0.3) is 5.91 Å². The Labute approximate surface area is 227 Å². The molecule has 38 heavy (non-hydrogen) atoms. The number of carbonyl (C=O) groups is 1. The standard InChI is InChI=1S/C27H18BrF2N3O4S/c28-16-12-38-26-14-4-2-1-3-13(14)23(15-5-6-17(29)22(30)20(15)21(16)26)33-19-11-37-10-9-31(19)27(36)24-25(35)18(34)7-8-32(24)33/h1-8,12,19,23,35H,9-11H2/t19-,23+/m1/s1. The molecule has 4 aromatic rings. The number of aromatic nitrogens is 1. The van der Waals surface area contributed by atoms with E-state index < -0.39 is 40.9 Å². The Morgan fingerprint density at radius 2 is 1.87 bits per heavy atom. The van der Waals surface area contributed by atoms with Crippen molar-refractivity contribution in [3.63, 3.8) is 0 Å². The van der Waals surface area contributed by atoms with Gasteiger partial charge in [0.05, 0.1) is 19.3 Å². The predicted molar refractivity (Wildman–Crippen MR) is 141 cm³/mol. The number of thiophene rings is 1. The van der Waals surface area contributed by atoms with Crippen LogP contribution < -0.4 is 10.4 Å². The topological polar surface area (TPSA) is 75.0 Å². The number of fused-ring (bicyclic) bond motifs is 7. The van der Waals surface area contributed by atoms with Gasteiger partial charge in [0.2, 0.25) is 5.43 Å². The van der Waals surface area contributed by atoms with E-state index in [4.69, 9.17) is 4.74 Å². The van der Waals surface area contributed by atoms with Crippen LogP contribution in [0.2, 0.25) is 0 Å². The van der Waals surface area contributed by atoms with Crippen LogP contribution in [0.25, 0.3) is 21.6 Å². The summed E-state index contributed by atoms with van der Waals surface area (Å²) in [5.41, 5.74) is 1.88. The molecule has 1 N–H and O–H groups in total. The molecule has 0 unspecified atom stereocenters. The van der Waals surface area contributed by atoms with Gasteiger partial charge in [0, 0.05) is 44.7 Å². The fraction of sp³-hybridized carbons (Fsp3) is 0.185. The predicted octanol–water partition coefficient (Wildman–Crippen LogP) is 4.84. The lowest BCUT2D eigenvalue weighted by atomic mass is 9.92. The van der Waals surface area contributed by atoms with Gasteiger partial charge in [0.15, 0.2) is 23.1 Å². The van der Waals surface area contributed by atoms with Crippen LogP contribution in [0.15, 0.2) is 63.3 Å². The van der Waals surface area contributed by atoms with E-state index in [1.807, 2.05) is 34.7 Å². The van der Waals surface area contributed by atoms with E-state index in [2.05, 4.69) is 15.9 Å². The van der Waals surface area contributed by atoms with E-state index in [1.54, 1.807) is 11.0 Å². The van der Waals surface area contributed by atoms with Gasteiger partial charge in [-0.25, -0.2) is 8.78 Å². The minimum Gasteiger partial charge on any atom is -0.502 e. The Bertz CT molecular complexity index is 1720. The Morgan fingerprint density at radius 1 is 1.05 bits per heavy atom. The number of rotatable bonds is 1. The first kappa shape index (κ1) is 23.6. The smallest absolute Gasteiger partial charge is 0.278 e. The number of ether oxygens (including phenoxy) is 1. The molecule has 192 valence electrons. The van der Waals surface area contributed by atoms with Crippen LogP contribution in [0.1, 0.15) is 27.7 Å². The quantitative estimate of drug-likeness (QED) is 0.340. The largest absolute Gasteiger partial charge is 0.502 e. The summed E-state index contributed by atoms with van der Waals surface area (Å²) in [5.74, 6) is -3.12. The lowest BCUT2D eigenvalue weighted by Gasteiger charge is -2.51. The Morgan fingerprint density at radius 3 is 2.71 bits per heavy atom. The first-order chi connectivity index (χ1) is 18.4. The van der Waals surface area contributed by atoms with E-state index in [-0.39, 0.29) is 31.0 Å². The number of hydrogen-bond donors (Lipinski definition) is 1. The number of amides is 1. The molecule has 11 heteroatoms. The SMILES string of the molecule is O=C1c2c(O)c(=O)ccn2N([C@H]2c3ccccc3-c3scc(Br)c3-c3c2ccc(F)c3F)[C@@H]2COCCN12. The Kier molecular flexibility index (Phi) is 5.26. The zero-order chi connectivity index (χ0) is 26.3. The summed E-state index contributed by atoms with van der Waals surface area (Å²) >= 11 is 4.97. The van der Waals surface area contributed by atoms with Gasteiger partial charge in [-0.05, 0) is 38.7 Å². The fourth-order valence-electron chi connectivity index (χ4n) is 5.74. The summed E-state index contributed by atoms with van der Waals surface area (Å²) in [6.07, 6.45) is 0.782. The van der Waals surface area contributed by atoms with Gasteiger partial charge in [-0.3, -0.25) is 19.3 Å². The van der Waals surface area contributed by atoms with E-state index in [1.165, 1.54) is 28.3 Å². The van der Waals surface area contributed by atoms with E-state index in [0.717, 1.165) is 22.1 Å². The van der Waals surface area contributed by atoms with Gasteiger partial charge in [-0.1, -0.05) is 30.3 Å². The van der Waals surface area contributed by atoms with Gasteiger partial charge in [-0.2, -0.15) is 0 Å². The van der Waals surface area contributed by atoms with Gasteiger partial charge in [-0.15, -0.1) is 11.3 Å². The number of benzene rings is 2. The van der Waals surface area contributed by atoms with Crippen LogP contribution in [0.3, 0.4) is 0 Å². The first-order valence-electron chi connectivity index (χ1n) is 11.8. The van der Waals surface area contributed by atoms with Crippen molar-refractivity contribution in [2.24, 2.45) is 0 Å². The molecule has 4 heterocycles. The molecule has 2 aromatic carbocycles. The summed E-state index contributed by atoms with van der Waals surface area (Å²) in [5, 5.41) is 14.4. The highest BCUT2D eigenvalue weighted by atomic mass is 79.9. The van der Waals surface area contributed by atoms with E-state index in [9.17, 15) is 19.1 Å². The highest BCUT2D eigenvalue weighted by Crippen LogP contribution is 2.53. The van der Waals surface area contributed by atoms with E-state index in [0.29, 0.717) is 15.6 Å². The second kappa shape index (κ2) is 8.48. The molecule has 7 rings (SSSR count). The zero-order valence-corrected chi connectivity index (χ0v) is 21.9. The molecule has 0 bridgehead atoms. The second-order valence-corrected chi connectivity index (χ2v) is 11.0. The van der Waals surface area contributed by atoms with Gasteiger partial charge in [0.1, 0.15) is 6.17 Å². The van der Waals surface area contributed by atoms with Gasteiger partial charge >= 0.3 is 0 Å². The van der Waals surface area contributed by atoms with Crippen LogP contribution in [-0.4, -0.2) is 46.5 Å². The van der Waals surface area contributed by atoms with Crippen molar-refractivity contribution in [3.05, 3.63) is 97.2 Å². The molecule has 1 saturated heterocycles. The van der Waals surface area contributed by atoms with Crippen LogP contribution in [0.4, 0.5) is 8.78 Å². The van der Waals surface area contributed by atoms with Crippen molar-refractivity contribution in [1.82, 2.24) is 9.58 Å². The normalized spacial score (nSPS) is 19.7. The zero-order valence-electron chi connectivity index (χ0n) is 19.5. The van der Waals surface area contributed by atoms with Crippen LogP contribution in [0.5, 0.6) is 5.75 Å². The van der Waals surface area contributed by atoms with Crippen molar-refractivity contribution in [2.75, 3.05) is 24.8 Å². The number of nitrogens with zero attached hydrogens (tertiary/aromatic N) is 3. The maximum Gasteiger partial charge on any atom is 0.278 e. The molecule has 3 aliphatic rings. The lowest BCUT2D eigenvalue weighted by Crippen LogP contribution is -2.66. The Balaban J connectivity index is 1.61. The van der Waals surface area contributed by atoms with Crippen LogP contribution in [-0.2, 0) is 4.74 Å². The maximum absolute atomic E-state index is 15.8. The molecular formula is C27H18BrF2N3O4S. The van der Waals surface area contributed by atoms with Crippen LogP contribution >= 0.6 is 27.3 Å². The third-order valence-corrected chi connectivity index (χ3v) is 9.30. The molecule has 2 aliphatic heterocycles. The molecule has 0 saturated carbocycles. The van der Waals surface area contributed by atoms with Crippen molar-refractivity contribution in [3.8, 4) is 27.3 Å². The van der Waals surface area contributed by atoms with Crippen molar-refractivity contribution >= 4 is 33.2 Å². The highest BCUT2D eigenvalue weighted by Gasteiger charge is 2.46. The minimum atomic E-state index is -0.978. The monoisotopic (exact) mass is 597 g/mol. The molecule has 1 fully saturated rings. The van der Waals surface area contributed by atoms with E-state index >= 15 is 4.39 Å². The summed E-state index contributed by atoms with van der Waals surface area (Å²) in [7, 11) is 0. The van der Waals surface area contributed by atoms with Crippen LogP contribution in [0, 0.1) is 11.6 Å². The number of aromatic hydroxyl groups is 1.